The third kappa shape index (κ3) is 7.55. The van der Waals surface area contributed by atoms with Gasteiger partial charge in [-0.15, -0.1) is 0 Å². The lowest BCUT2D eigenvalue weighted by Crippen LogP contribution is -2.59. The molecule has 2 aliphatic carbocycles. The highest BCUT2D eigenvalue weighted by Crippen LogP contribution is 2.51. The first kappa shape index (κ1) is 48.9. The highest BCUT2D eigenvalue weighted by Gasteiger charge is 2.44. The Hall–Kier alpha value is -9.58. The summed E-state index contributed by atoms with van der Waals surface area (Å²) in [5.41, 5.74) is 28.6. The van der Waals surface area contributed by atoms with Crippen LogP contribution in [-0.4, -0.2) is 25.8 Å². The van der Waals surface area contributed by atoms with Crippen LogP contribution in [0, 0.1) is 0 Å². The van der Waals surface area contributed by atoms with Gasteiger partial charge in [0, 0.05) is 60.5 Å². The summed E-state index contributed by atoms with van der Waals surface area (Å²) in [6.07, 6.45) is 12.5. The van der Waals surface area contributed by atoms with Crippen LogP contribution in [0.4, 0.5) is 0 Å². The van der Waals surface area contributed by atoms with Gasteiger partial charge in [-0.25, -0.2) is 9.97 Å². The van der Waals surface area contributed by atoms with E-state index in [0.717, 1.165) is 33.5 Å². The van der Waals surface area contributed by atoms with Crippen LogP contribution in [0.1, 0.15) is 87.2 Å². The normalized spacial score (nSPS) is 14.9. The fourth-order valence-electron chi connectivity index (χ4n) is 16.3. The van der Waals surface area contributed by atoms with Gasteiger partial charge in [0.15, 0.2) is 5.82 Å². The van der Waals surface area contributed by atoms with E-state index in [4.69, 9.17) is 9.97 Å². The number of aromatic nitrogens is 4. The molecule has 5 heterocycles. The number of hydrogen-bond acceptors (Lipinski definition) is 2. The summed E-state index contributed by atoms with van der Waals surface area (Å²) in [5.74, 6) is 1.67. The third-order valence-electron chi connectivity index (χ3n) is 20.1. The fourth-order valence-corrected chi connectivity index (χ4v) is 16.3. The number of rotatable bonds is 8. The summed E-state index contributed by atoms with van der Waals surface area (Å²) in [5, 5.41) is 6.59. The van der Waals surface area contributed by atoms with Gasteiger partial charge in [0.1, 0.15) is 0 Å². The van der Waals surface area contributed by atoms with Crippen molar-refractivity contribution in [1.29, 1.82) is 0 Å². The molecule has 4 aliphatic rings. The molecule has 3 aromatic heterocycles. The molecule has 0 radical (unpaired) electrons. The number of para-hydroxylation sites is 1. The minimum Gasteiger partial charge on any atom is -0.310 e. The lowest BCUT2D eigenvalue weighted by molar-refractivity contribution is 0.445. The molecule has 14 aromatic rings. The molecule has 2 saturated carbocycles. The molecule has 0 amide bonds. The Bertz CT molecular complexity index is 4740. The molecule has 4 nitrogen and oxygen atoms in total. The van der Waals surface area contributed by atoms with Crippen LogP contribution in [0.2, 0.25) is 0 Å². The first-order valence-corrected chi connectivity index (χ1v) is 31.2. The van der Waals surface area contributed by atoms with Gasteiger partial charge in [-0.05, 0) is 152 Å². The molecular weight excluding hydrogens is 1030 g/mol. The lowest BCUT2D eigenvalue weighted by Gasteiger charge is -2.35. The highest BCUT2D eigenvalue weighted by molar-refractivity contribution is 7.00. The quantitative estimate of drug-likeness (QED) is 0.142. The van der Waals surface area contributed by atoms with Crippen LogP contribution >= 0.6 is 0 Å². The number of hydrogen-bond donors (Lipinski definition) is 0. The topological polar surface area (TPSA) is 35.6 Å². The maximum atomic E-state index is 5.73. The van der Waals surface area contributed by atoms with Crippen LogP contribution in [-0.2, 0) is 0 Å². The first-order valence-electron chi connectivity index (χ1n) is 31.2. The van der Waals surface area contributed by atoms with Gasteiger partial charge in [0.25, 0.3) is 6.71 Å². The van der Waals surface area contributed by atoms with Crippen LogP contribution in [0.3, 0.4) is 0 Å². The number of fused-ring (bicyclic) bond motifs is 11. The molecule has 404 valence electrons. The van der Waals surface area contributed by atoms with Gasteiger partial charge in [-0.2, -0.15) is 0 Å². The van der Waals surface area contributed by atoms with Gasteiger partial charge in [-0.3, -0.25) is 0 Å². The van der Waals surface area contributed by atoms with Crippen molar-refractivity contribution in [1.82, 2.24) is 19.1 Å². The molecule has 0 atom stereocenters. The molecule has 0 unspecified atom stereocenters. The van der Waals surface area contributed by atoms with Crippen molar-refractivity contribution < 1.29 is 0 Å². The average molecular weight is 1090 g/mol. The van der Waals surface area contributed by atoms with Crippen molar-refractivity contribution in [2.45, 2.75) is 76.0 Å². The summed E-state index contributed by atoms with van der Waals surface area (Å²) in [7, 11) is 0. The number of nitrogens with zero attached hydrogens (tertiary/aromatic N) is 4. The van der Waals surface area contributed by atoms with E-state index in [9.17, 15) is 0 Å². The molecule has 0 spiro atoms. The fraction of sp³-hybridized carbons (Fsp3) is 0.150. The lowest BCUT2D eigenvalue weighted by atomic mass is 9.34. The molecule has 5 heteroatoms. The molecule has 11 aromatic carbocycles. The van der Waals surface area contributed by atoms with E-state index in [1.807, 2.05) is 0 Å². The first-order chi connectivity index (χ1) is 42.2. The minimum absolute atomic E-state index is 0.0527. The second-order valence-electron chi connectivity index (χ2n) is 24.7. The molecule has 0 saturated heterocycles. The minimum atomic E-state index is -0.0527. The Morgan fingerprint density at radius 3 is 1.24 bits per heavy atom. The Morgan fingerprint density at radius 2 is 0.765 bits per heavy atom. The van der Waals surface area contributed by atoms with Gasteiger partial charge >= 0.3 is 0 Å². The van der Waals surface area contributed by atoms with Crippen molar-refractivity contribution in [3.05, 3.63) is 248 Å². The summed E-state index contributed by atoms with van der Waals surface area (Å²) in [6, 6.07) is 89.5. The summed E-state index contributed by atoms with van der Waals surface area (Å²) in [6.45, 7) is -0.0527. The Morgan fingerprint density at radius 1 is 0.341 bits per heavy atom. The van der Waals surface area contributed by atoms with Crippen LogP contribution in [0.5, 0.6) is 0 Å². The van der Waals surface area contributed by atoms with Crippen LogP contribution in [0.25, 0.3) is 133 Å². The van der Waals surface area contributed by atoms with Crippen molar-refractivity contribution in [2.24, 2.45) is 0 Å². The standard InChI is InChI=1S/C80H61BN4/c1-8-24-50(25-9-1)57-44-63(54-32-16-5-17-33-54)72-68(46-57)84-70-48-59(77-62-38-22-23-39-67(62)82-80(83-77)56-36-20-7-21-37-56)49-71-76(70)81(65-42-40-60(74(72)78(65)84)52-28-12-3-13-29-52)66-43-41-61(53-30-14-4-15-31-53)75-73-64(55-34-18-6-19-35-55)45-58(51-26-10-2-11-27-51)47-69(73)85(71)79(66)75/h1-2,5-11,16-27,32-49,52-53H,3-4,12-15,28-31H2. The van der Waals surface area contributed by atoms with Crippen molar-refractivity contribution in [2.75, 3.05) is 0 Å². The van der Waals surface area contributed by atoms with Gasteiger partial charge < -0.3 is 9.13 Å². The van der Waals surface area contributed by atoms with E-state index in [1.54, 1.807) is 0 Å². The zero-order valence-corrected chi connectivity index (χ0v) is 47.6. The summed E-state index contributed by atoms with van der Waals surface area (Å²) >= 11 is 0. The molecule has 85 heavy (non-hydrogen) atoms. The zero-order valence-electron chi connectivity index (χ0n) is 47.6. The second kappa shape index (κ2) is 19.5. The van der Waals surface area contributed by atoms with Crippen LogP contribution in [0.15, 0.2) is 237 Å². The van der Waals surface area contributed by atoms with E-state index in [-0.39, 0.29) is 6.71 Å². The highest BCUT2D eigenvalue weighted by atomic mass is 15.0. The van der Waals surface area contributed by atoms with E-state index < -0.39 is 0 Å². The third-order valence-corrected chi connectivity index (χ3v) is 20.1. The van der Waals surface area contributed by atoms with Crippen molar-refractivity contribution in [3.63, 3.8) is 0 Å². The number of benzene rings is 11. The van der Waals surface area contributed by atoms with E-state index >= 15 is 0 Å². The van der Waals surface area contributed by atoms with Crippen molar-refractivity contribution in [3.8, 4) is 78.5 Å². The predicted octanol–water partition coefficient (Wildman–Crippen LogP) is 19.1. The smallest absolute Gasteiger partial charge is 0.252 e. The molecular formula is C80H61BN4. The largest absolute Gasteiger partial charge is 0.310 e. The molecule has 0 N–H and O–H groups in total. The molecule has 18 rings (SSSR count). The Kier molecular flexibility index (Phi) is 11.2. The SMILES string of the molecule is c1ccc(-c2cc(-c3ccccc3)c3c4c(C5CCCCC5)ccc5c4n(c3c2)-c2cc(-c3nc(-c4ccccc4)nc4ccccc34)cc3c2B5c2ccc(C4CCCCC4)c4c5c(-c6ccccc6)cc(-c6ccccc6)cc5n-3c24)cc1. The molecule has 2 aliphatic heterocycles. The molecule has 0 bridgehead atoms. The monoisotopic (exact) mass is 1090 g/mol. The van der Waals surface area contributed by atoms with Crippen molar-refractivity contribution >= 4 is 77.6 Å². The maximum Gasteiger partial charge on any atom is 0.252 e. The Labute approximate surface area is 496 Å². The second-order valence-corrected chi connectivity index (χ2v) is 24.7. The van der Waals surface area contributed by atoms with Gasteiger partial charge in [0.2, 0.25) is 0 Å². The zero-order chi connectivity index (χ0) is 55.7. The maximum absolute atomic E-state index is 5.73. The molecule has 2 fully saturated rings. The van der Waals surface area contributed by atoms with E-state index in [1.165, 1.54) is 191 Å². The van der Waals surface area contributed by atoms with Crippen LogP contribution < -0.4 is 16.4 Å². The average Bonchev–Trinajstić information content (AvgIpc) is 1.57. The predicted molar refractivity (Wildman–Crippen MR) is 357 cm³/mol. The summed E-state index contributed by atoms with van der Waals surface area (Å²) < 4.78 is 5.50. The Balaban J connectivity index is 1.06. The van der Waals surface area contributed by atoms with E-state index in [2.05, 4.69) is 246 Å². The van der Waals surface area contributed by atoms with Gasteiger partial charge in [0.05, 0.1) is 22.2 Å². The summed E-state index contributed by atoms with van der Waals surface area (Å²) in [4.78, 5) is 11.0. The van der Waals surface area contributed by atoms with Gasteiger partial charge in [-0.1, -0.05) is 233 Å². The van der Waals surface area contributed by atoms with E-state index in [0.29, 0.717) is 11.8 Å².